The van der Waals surface area contributed by atoms with Crippen molar-refractivity contribution in [3.05, 3.63) is 35.9 Å². The summed E-state index contributed by atoms with van der Waals surface area (Å²) in [7, 11) is 0. The number of amides is 2. The van der Waals surface area contributed by atoms with Gasteiger partial charge in [-0.05, 0) is 37.3 Å². The van der Waals surface area contributed by atoms with Gasteiger partial charge in [-0.15, -0.1) is 0 Å². The van der Waals surface area contributed by atoms with Crippen LogP contribution in [0.4, 0.5) is 4.79 Å². The largest absolute Gasteiger partial charge is 0.445 e. The molecule has 0 radical (unpaired) electrons. The summed E-state index contributed by atoms with van der Waals surface area (Å²) in [6, 6.07) is 8.36. The number of benzene rings is 1. The molecule has 1 aromatic carbocycles. The van der Waals surface area contributed by atoms with Crippen molar-refractivity contribution in [2.75, 3.05) is 13.1 Å². The Hall–Kier alpha value is -2.12. The first-order chi connectivity index (χ1) is 13.0. The van der Waals surface area contributed by atoms with E-state index in [1.54, 1.807) is 0 Å². The summed E-state index contributed by atoms with van der Waals surface area (Å²) >= 11 is 0. The van der Waals surface area contributed by atoms with E-state index in [0.29, 0.717) is 19.4 Å². The summed E-state index contributed by atoms with van der Waals surface area (Å²) in [5.74, 6) is -0.0674. The lowest BCUT2D eigenvalue weighted by Gasteiger charge is -2.26. The molecule has 0 spiro atoms. The van der Waals surface area contributed by atoms with Crippen LogP contribution in [0.25, 0.3) is 0 Å². The van der Waals surface area contributed by atoms with Gasteiger partial charge in [0.2, 0.25) is 5.91 Å². The van der Waals surface area contributed by atoms with Crippen molar-refractivity contribution in [1.29, 1.82) is 0 Å². The minimum absolute atomic E-state index is 0.149. The van der Waals surface area contributed by atoms with Crippen LogP contribution in [-0.2, 0) is 16.1 Å². The van der Waals surface area contributed by atoms with Crippen LogP contribution >= 0.6 is 0 Å². The van der Waals surface area contributed by atoms with E-state index in [2.05, 4.69) is 16.0 Å². The maximum atomic E-state index is 12.7. The fourth-order valence-corrected chi connectivity index (χ4v) is 3.09. The molecule has 1 aliphatic rings. The number of hydrogen-bond donors (Lipinski definition) is 4. The van der Waals surface area contributed by atoms with Gasteiger partial charge in [0.1, 0.15) is 12.6 Å². The second kappa shape index (κ2) is 10.9. The van der Waals surface area contributed by atoms with E-state index < -0.39 is 18.2 Å². The van der Waals surface area contributed by atoms with Gasteiger partial charge in [-0.25, -0.2) is 4.79 Å². The quantitative estimate of drug-likeness (QED) is 0.578. The molecule has 27 heavy (non-hydrogen) atoms. The summed E-state index contributed by atoms with van der Waals surface area (Å²) in [4.78, 5) is 24.9. The van der Waals surface area contributed by atoms with E-state index in [-0.39, 0.29) is 24.5 Å². The predicted molar refractivity (Wildman–Crippen MR) is 103 cm³/mol. The van der Waals surface area contributed by atoms with Crippen molar-refractivity contribution < 1.29 is 19.4 Å². The van der Waals surface area contributed by atoms with Gasteiger partial charge < -0.3 is 25.8 Å². The molecule has 2 rings (SSSR count). The Bertz CT molecular complexity index is 594. The Balaban J connectivity index is 1.90. The Morgan fingerprint density at radius 2 is 2.04 bits per heavy atom. The molecule has 2 unspecified atom stereocenters. The number of nitrogens with one attached hydrogen (secondary N) is 3. The monoisotopic (exact) mass is 377 g/mol. The van der Waals surface area contributed by atoms with Gasteiger partial charge in [-0.2, -0.15) is 0 Å². The molecule has 0 saturated carbocycles. The fraction of sp³-hybridized carbons (Fsp3) is 0.600. The van der Waals surface area contributed by atoms with Gasteiger partial charge in [-0.3, -0.25) is 4.79 Å². The van der Waals surface area contributed by atoms with Crippen LogP contribution in [0.3, 0.4) is 0 Å². The number of β-amino-alcohol motifs (C(OH)–C–C–N with tert-alkyl or cyclic N) is 1. The minimum atomic E-state index is -0.698. The molecule has 2 amide bonds. The fourth-order valence-electron chi connectivity index (χ4n) is 3.09. The third-order valence-corrected chi connectivity index (χ3v) is 4.54. The van der Waals surface area contributed by atoms with E-state index in [4.69, 9.17) is 4.74 Å². The zero-order valence-electron chi connectivity index (χ0n) is 16.1. The molecule has 1 heterocycles. The van der Waals surface area contributed by atoms with Crippen LogP contribution in [0.5, 0.6) is 0 Å². The van der Waals surface area contributed by atoms with Gasteiger partial charge in [-0.1, -0.05) is 44.2 Å². The van der Waals surface area contributed by atoms with Crippen molar-refractivity contribution >= 4 is 12.0 Å². The highest BCUT2D eigenvalue weighted by Crippen LogP contribution is 2.10. The molecule has 1 fully saturated rings. The molecule has 0 aromatic heterocycles. The second-order valence-electron chi connectivity index (χ2n) is 7.42. The number of carbonyl (C=O) groups excluding carboxylic acids is 2. The van der Waals surface area contributed by atoms with E-state index in [9.17, 15) is 14.7 Å². The van der Waals surface area contributed by atoms with Crippen LogP contribution in [0.2, 0.25) is 0 Å². The number of aliphatic hydroxyl groups is 1. The number of rotatable bonds is 7. The molecular weight excluding hydrogens is 346 g/mol. The van der Waals surface area contributed by atoms with Crippen molar-refractivity contribution in [3.63, 3.8) is 0 Å². The zero-order chi connectivity index (χ0) is 19.6. The molecule has 7 heteroatoms. The molecule has 3 atom stereocenters. The summed E-state index contributed by atoms with van der Waals surface area (Å²) in [6.45, 7) is 5.40. The topological polar surface area (TPSA) is 99.7 Å². The third kappa shape index (κ3) is 7.56. The van der Waals surface area contributed by atoms with Crippen molar-refractivity contribution in [2.24, 2.45) is 5.92 Å². The highest BCUT2D eigenvalue weighted by Gasteiger charge is 2.28. The molecular formula is C20H31N3O4. The first-order valence-corrected chi connectivity index (χ1v) is 9.62. The predicted octanol–water partition coefficient (Wildman–Crippen LogP) is 1.56. The Morgan fingerprint density at radius 3 is 2.74 bits per heavy atom. The smallest absolute Gasteiger partial charge is 0.408 e. The van der Waals surface area contributed by atoms with Gasteiger partial charge in [0.15, 0.2) is 0 Å². The van der Waals surface area contributed by atoms with Crippen LogP contribution < -0.4 is 16.0 Å². The second-order valence-corrected chi connectivity index (χ2v) is 7.42. The lowest BCUT2D eigenvalue weighted by Crippen LogP contribution is -2.53. The molecule has 7 nitrogen and oxygen atoms in total. The number of hydrogen-bond acceptors (Lipinski definition) is 5. The maximum absolute atomic E-state index is 12.7. The average molecular weight is 377 g/mol. The molecule has 1 saturated heterocycles. The van der Waals surface area contributed by atoms with E-state index in [1.165, 1.54) is 0 Å². The van der Waals surface area contributed by atoms with Crippen molar-refractivity contribution in [3.8, 4) is 0 Å². The Morgan fingerprint density at radius 1 is 1.30 bits per heavy atom. The molecule has 0 bridgehead atoms. The van der Waals surface area contributed by atoms with Gasteiger partial charge in [0, 0.05) is 6.54 Å². The Labute approximate surface area is 160 Å². The lowest BCUT2D eigenvalue weighted by molar-refractivity contribution is -0.125. The van der Waals surface area contributed by atoms with Crippen molar-refractivity contribution in [1.82, 2.24) is 16.0 Å². The molecule has 1 aromatic rings. The first-order valence-electron chi connectivity index (χ1n) is 9.62. The molecule has 1 aliphatic heterocycles. The first kappa shape index (κ1) is 21.2. The molecule has 0 aliphatic carbocycles. The maximum Gasteiger partial charge on any atom is 0.408 e. The van der Waals surface area contributed by atoms with Crippen LogP contribution in [0.1, 0.15) is 38.7 Å². The van der Waals surface area contributed by atoms with Gasteiger partial charge >= 0.3 is 6.09 Å². The van der Waals surface area contributed by atoms with Crippen molar-refractivity contribution in [2.45, 2.75) is 57.9 Å². The van der Waals surface area contributed by atoms with Crippen LogP contribution in [-0.4, -0.2) is 48.4 Å². The minimum Gasteiger partial charge on any atom is -0.445 e. The van der Waals surface area contributed by atoms with Gasteiger partial charge in [0.05, 0.1) is 12.1 Å². The normalized spacial score (nSPS) is 21.2. The number of carbonyl (C=O) groups is 2. The lowest BCUT2D eigenvalue weighted by atomic mass is 10.0. The van der Waals surface area contributed by atoms with Crippen LogP contribution in [0.15, 0.2) is 30.3 Å². The highest BCUT2D eigenvalue weighted by molar-refractivity contribution is 5.85. The summed E-state index contributed by atoms with van der Waals surface area (Å²) in [6.07, 6.45) is 0.813. The number of aliphatic hydroxyl groups excluding tert-OH is 1. The zero-order valence-corrected chi connectivity index (χ0v) is 16.1. The highest BCUT2D eigenvalue weighted by atomic mass is 16.5. The van der Waals surface area contributed by atoms with E-state index in [1.807, 2.05) is 44.2 Å². The third-order valence-electron chi connectivity index (χ3n) is 4.54. The van der Waals surface area contributed by atoms with E-state index >= 15 is 0 Å². The number of alkyl carbamates (subject to hydrolysis) is 1. The van der Waals surface area contributed by atoms with E-state index in [0.717, 1.165) is 18.5 Å². The number of ether oxygens (including phenoxy) is 1. The summed E-state index contributed by atoms with van der Waals surface area (Å²) in [5.41, 5.74) is 0.881. The van der Waals surface area contributed by atoms with Crippen LogP contribution in [0, 0.1) is 5.92 Å². The molecule has 150 valence electrons. The SMILES string of the molecule is CC(C)C[C@H](NC(=O)OCc1ccccc1)C(=O)NC1CCCNCC1O. The average Bonchev–Trinajstić information content (AvgIpc) is 2.84. The Kier molecular flexibility index (Phi) is 8.54. The summed E-state index contributed by atoms with van der Waals surface area (Å²) < 4.78 is 5.23. The van der Waals surface area contributed by atoms with Gasteiger partial charge in [0.25, 0.3) is 0 Å². The standard InChI is InChI=1S/C20H31N3O4/c1-14(2)11-17(19(25)22-16-9-6-10-21-12-18(16)24)23-20(26)27-13-15-7-4-3-5-8-15/h3-5,7-8,14,16-18,21,24H,6,9-13H2,1-2H3,(H,22,25)(H,23,26)/t16?,17-,18?/m0/s1. The summed E-state index contributed by atoms with van der Waals surface area (Å²) in [5, 5.41) is 18.9. The molecule has 4 N–H and O–H groups in total.